The summed E-state index contributed by atoms with van der Waals surface area (Å²) in [5.74, 6) is 1.77. The average Bonchev–Trinajstić information content (AvgIpc) is 2.78. The van der Waals surface area contributed by atoms with Crippen LogP contribution in [-0.4, -0.2) is 29.0 Å². The second-order valence-corrected chi connectivity index (χ2v) is 8.17. The van der Waals surface area contributed by atoms with Crippen molar-refractivity contribution in [2.24, 2.45) is 5.92 Å². The van der Waals surface area contributed by atoms with Gasteiger partial charge in [-0.25, -0.2) is 9.97 Å². The Bertz CT molecular complexity index is 1070. The molecule has 0 saturated carbocycles. The van der Waals surface area contributed by atoms with Crippen LogP contribution in [0.1, 0.15) is 29.5 Å². The molecule has 1 aromatic heterocycles. The van der Waals surface area contributed by atoms with Gasteiger partial charge in [-0.05, 0) is 69.0 Å². The highest BCUT2D eigenvalue weighted by Crippen LogP contribution is 2.31. The van der Waals surface area contributed by atoms with Gasteiger partial charge in [0.25, 0.3) is 5.88 Å². The van der Waals surface area contributed by atoms with Gasteiger partial charge in [0.15, 0.2) is 5.82 Å². The molecule has 0 bridgehead atoms. The third-order valence-corrected chi connectivity index (χ3v) is 5.75. The number of anilines is 2. The lowest BCUT2D eigenvalue weighted by Gasteiger charge is -2.33. The highest BCUT2D eigenvalue weighted by Gasteiger charge is 2.28. The highest BCUT2D eigenvalue weighted by atomic mass is 16.5. The van der Waals surface area contributed by atoms with E-state index in [-0.39, 0.29) is 11.8 Å². The monoisotopic (exact) mass is 416 g/mol. The molecule has 4 rings (SSSR count). The number of nitrogens with zero attached hydrogens (tertiary/aromatic N) is 3. The second kappa shape index (κ2) is 9.16. The number of hydrogen-bond acceptors (Lipinski definition) is 5. The molecule has 6 heteroatoms. The van der Waals surface area contributed by atoms with Crippen LogP contribution in [0.4, 0.5) is 11.5 Å². The molecule has 160 valence electrons. The van der Waals surface area contributed by atoms with Crippen LogP contribution < -0.4 is 15.0 Å². The fraction of sp³-hybridized carbons (Fsp3) is 0.320. The fourth-order valence-corrected chi connectivity index (χ4v) is 3.77. The quantitative estimate of drug-likeness (QED) is 0.630. The standard InChI is InChI=1S/C25H28N4O2/c1-17-6-10-22(11-7-17)31-25-23(26-12-13-27-25)29-14-4-5-20(16-29)24(30)28-21-9-8-18(2)19(3)15-21/h6-13,15,20H,4-5,14,16H2,1-3H3,(H,28,30)/t20-/m1/s1. The lowest BCUT2D eigenvalue weighted by molar-refractivity contribution is -0.120. The third-order valence-electron chi connectivity index (χ3n) is 5.75. The van der Waals surface area contributed by atoms with Gasteiger partial charge in [0.05, 0.1) is 5.92 Å². The van der Waals surface area contributed by atoms with Crippen LogP contribution in [0.2, 0.25) is 0 Å². The molecule has 1 atom stereocenters. The van der Waals surface area contributed by atoms with E-state index in [0.29, 0.717) is 24.0 Å². The molecular formula is C25H28N4O2. The number of hydrogen-bond donors (Lipinski definition) is 1. The zero-order valence-electron chi connectivity index (χ0n) is 18.3. The average molecular weight is 417 g/mol. The van der Waals surface area contributed by atoms with Crippen molar-refractivity contribution >= 4 is 17.4 Å². The van der Waals surface area contributed by atoms with Gasteiger partial charge < -0.3 is 15.0 Å². The summed E-state index contributed by atoms with van der Waals surface area (Å²) < 4.78 is 6.02. The summed E-state index contributed by atoms with van der Waals surface area (Å²) in [7, 11) is 0. The number of aryl methyl sites for hydroxylation is 3. The maximum absolute atomic E-state index is 12.9. The van der Waals surface area contributed by atoms with E-state index in [0.717, 1.165) is 25.1 Å². The summed E-state index contributed by atoms with van der Waals surface area (Å²) in [4.78, 5) is 24.0. The van der Waals surface area contributed by atoms with Crippen molar-refractivity contribution in [1.82, 2.24) is 9.97 Å². The van der Waals surface area contributed by atoms with E-state index in [1.54, 1.807) is 12.4 Å². The topological polar surface area (TPSA) is 67.4 Å². The van der Waals surface area contributed by atoms with Gasteiger partial charge >= 0.3 is 0 Å². The van der Waals surface area contributed by atoms with Crippen LogP contribution in [0.3, 0.4) is 0 Å². The first kappa shape index (κ1) is 20.8. The third kappa shape index (κ3) is 5.02. The molecule has 2 heterocycles. The molecule has 1 aliphatic rings. The number of piperidine rings is 1. The lowest BCUT2D eigenvalue weighted by atomic mass is 9.97. The Morgan fingerprint density at radius 3 is 2.58 bits per heavy atom. The molecule has 0 radical (unpaired) electrons. The summed E-state index contributed by atoms with van der Waals surface area (Å²) in [6, 6.07) is 13.8. The van der Waals surface area contributed by atoms with Crippen molar-refractivity contribution in [1.29, 1.82) is 0 Å². The molecule has 0 unspecified atom stereocenters. The summed E-state index contributed by atoms with van der Waals surface area (Å²) in [6.45, 7) is 7.55. The number of ether oxygens (including phenoxy) is 1. The van der Waals surface area contributed by atoms with Crippen molar-refractivity contribution in [2.45, 2.75) is 33.6 Å². The van der Waals surface area contributed by atoms with Gasteiger partial charge in [-0.1, -0.05) is 23.8 Å². The summed E-state index contributed by atoms with van der Waals surface area (Å²) in [5, 5.41) is 3.08. The number of aromatic nitrogens is 2. The minimum Gasteiger partial charge on any atom is -0.436 e. The predicted octanol–water partition coefficient (Wildman–Crippen LogP) is 5.05. The molecule has 1 fully saturated rings. The van der Waals surface area contributed by atoms with Crippen molar-refractivity contribution in [2.75, 3.05) is 23.3 Å². The summed E-state index contributed by atoms with van der Waals surface area (Å²) >= 11 is 0. The summed E-state index contributed by atoms with van der Waals surface area (Å²) in [5.41, 5.74) is 4.39. The molecule has 1 amide bonds. The lowest BCUT2D eigenvalue weighted by Crippen LogP contribution is -2.41. The molecule has 3 aromatic rings. The van der Waals surface area contributed by atoms with Crippen molar-refractivity contribution in [3.63, 3.8) is 0 Å². The van der Waals surface area contributed by atoms with Crippen LogP contribution in [0.25, 0.3) is 0 Å². The van der Waals surface area contributed by atoms with Crippen LogP contribution in [0.5, 0.6) is 11.6 Å². The van der Waals surface area contributed by atoms with Crippen molar-refractivity contribution in [3.05, 3.63) is 71.5 Å². The van der Waals surface area contributed by atoms with Gasteiger partial charge in [-0.2, -0.15) is 0 Å². The van der Waals surface area contributed by atoms with Crippen LogP contribution in [0.15, 0.2) is 54.9 Å². The predicted molar refractivity (Wildman–Crippen MR) is 123 cm³/mol. The Labute approximate surface area is 183 Å². The van der Waals surface area contributed by atoms with E-state index in [2.05, 4.69) is 34.0 Å². The largest absolute Gasteiger partial charge is 0.436 e. The Kier molecular flexibility index (Phi) is 6.16. The number of carbonyl (C=O) groups is 1. The maximum atomic E-state index is 12.9. The van der Waals surface area contributed by atoms with Gasteiger partial charge in [0.2, 0.25) is 5.91 Å². The molecule has 6 nitrogen and oxygen atoms in total. The Morgan fingerprint density at radius 2 is 1.81 bits per heavy atom. The van der Waals surface area contributed by atoms with E-state index < -0.39 is 0 Å². The van der Waals surface area contributed by atoms with E-state index >= 15 is 0 Å². The first-order valence-electron chi connectivity index (χ1n) is 10.7. The van der Waals surface area contributed by atoms with Gasteiger partial charge in [0, 0.05) is 31.2 Å². The molecule has 1 aliphatic heterocycles. The minimum absolute atomic E-state index is 0.0397. The Hall–Kier alpha value is -3.41. The molecule has 2 aromatic carbocycles. The number of carbonyl (C=O) groups excluding carboxylic acids is 1. The Morgan fingerprint density at radius 1 is 1.03 bits per heavy atom. The fourth-order valence-electron chi connectivity index (χ4n) is 3.77. The zero-order chi connectivity index (χ0) is 21.8. The number of benzene rings is 2. The van der Waals surface area contributed by atoms with E-state index in [9.17, 15) is 4.79 Å². The molecule has 1 N–H and O–H groups in total. The van der Waals surface area contributed by atoms with Gasteiger partial charge in [-0.3, -0.25) is 4.79 Å². The normalized spacial score (nSPS) is 16.1. The molecule has 0 aliphatic carbocycles. The number of nitrogens with one attached hydrogen (secondary N) is 1. The van der Waals surface area contributed by atoms with Gasteiger partial charge in [0.1, 0.15) is 5.75 Å². The highest BCUT2D eigenvalue weighted by molar-refractivity contribution is 5.93. The van der Waals surface area contributed by atoms with Crippen LogP contribution >= 0.6 is 0 Å². The van der Waals surface area contributed by atoms with E-state index in [4.69, 9.17) is 4.74 Å². The van der Waals surface area contributed by atoms with Crippen LogP contribution in [0, 0.1) is 26.7 Å². The minimum atomic E-state index is -0.121. The second-order valence-electron chi connectivity index (χ2n) is 8.17. The van der Waals surface area contributed by atoms with E-state index in [1.165, 1.54) is 16.7 Å². The molecule has 0 spiro atoms. The summed E-state index contributed by atoms with van der Waals surface area (Å²) in [6.07, 6.45) is 5.05. The Balaban J connectivity index is 1.47. The van der Waals surface area contributed by atoms with Crippen molar-refractivity contribution in [3.8, 4) is 11.6 Å². The molecular weight excluding hydrogens is 388 g/mol. The first-order chi connectivity index (χ1) is 15.0. The zero-order valence-corrected chi connectivity index (χ0v) is 18.3. The molecule has 1 saturated heterocycles. The van der Waals surface area contributed by atoms with Gasteiger partial charge in [-0.15, -0.1) is 0 Å². The van der Waals surface area contributed by atoms with Crippen molar-refractivity contribution < 1.29 is 9.53 Å². The number of amides is 1. The first-order valence-corrected chi connectivity index (χ1v) is 10.7. The SMILES string of the molecule is Cc1ccc(Oc2nccnc2N2CCC[C@@H](C(=O)Nc3ccc(C)c(C)c3)C2)cc1. The van der Waals surface area contributed by atoms with Crippen LogP contribution in [-0.2, 0) is 4.79 Å². The molecule has 31 heavy (non-hydrogen) atoms. The maximum Gasteiger partial charge on any atom is 0.263 e. The van der Waals surface area contributed by atoms with E-state index in [1.807, 2.05) is 49.4 Å². The smallest absolute Gasteiger partial charge is 0.263 e. The number of rotatable bonds is 5.